The molecule has 1 amide bonds. The number of rotatable bonds is 5. The minimum absolute atomic E-state index is 0.292. The fourth-order valence-corrected chi connectivity index (χ4v) is 3.81. The van der Waals surface area contributed by atoms with E-state index in [1.807, 2.05) is 25.1 Å². The van der Waals surface area contributed by atoms with Crippen molar-refractivity contribution in [3.63, 3.8) is 0 Å². The lowest BCUT2D eigenvalue weighted by atomic mass is 10.1. The lowest BCUT2D eigenvalue weighted by Crippen LogP contribution is -2.36. The minimum atomic E-state index is -0.292. The highest BCUT2D eigenvalue weighted by Gasteiger charge is 2.26. The molecule has 0 aliphatic carbocycles. The zero-order chi connectivity index (χ0) is 20.4. The summed E-state index contributed by atoms with van der Waals surface area (Å²) < 4.78 is 5.42. The number of hydrazone groups is 1. The molecule has 4 rings (SSSR count). The molecule has 0 atom stereocenters. The van der Waals surface area contributed by atoms with Gasteiger partial charge in [0.05, 0.1) is 29.8 Å². The van der Waals surface area contributed by atoms with Crippen molar-refractivity contribution in [2.24, 2.45) is 5.10 Å². The molecule has 0 saturated carbocycles. The van der Waals surface area contributed by atoms with Gasteiger partial charge in [0.1, 0.15) is 5.82 Å². The van der Waals surface area contributed by atoms with E-state index in [9.17, 15) is 4.79 Å². The fraction of sp³-hybridized carbons (Fsp3) is 0.350. The van der Waals surface area contributed by atoms with Crippen molar-refractivity contribution in [2.45, 2.75) is 13.3 Å². The van der Waals surface area contributed by atoms with Crippen molar-refractivity contribution >= 4 is 46.5 Å². The van der Waals surface area contributed by atoms with Crippen LogP contribution in [0.1, 0.15) is 19.2 Å². The summed E-state index contributed by atoms with van der Waals surface area (Å²) in [6.45, 7) is 9.26. The molecule has 0 unspecified atom stereocenters. The Morgan fingerprint density at radius 2 is 2.21 bits per heavy atom. The predicted molar refractivity (Wildman–Crippen MR) is 115 cm³/mol. The number of H-pyrrole nitrogens is 1. The Bertz CT molecular complexity index is 1010. The Balaban J connectivity index is 1.63. The number of nitrogens with one attached hydrogen (secondary N) is 2. The average molecular weight is 415 g/mol. The van der Waals surface area contributed by atoms with Crippen LogP contribution in [0.15, 0.2) is 40.2 Å². The highest BCUT2D eigenvalue weighted by molar-refractivity contribution is 6.40. The van der Waals surface area contributed by atoms with Crippen LogP contribution in [-0.2, 0) is 9.53 Å². The molecular weight excluding hydrogens is 392 g/mol. The van der Waals surface area contributed by atoms with Crippen molar-refractivity contribution < 1.29 is 9.53 Å². The molecule has 1 aromatic carbocycles. The van der Waals surface area contributed by atoms with E-state index in [1.165, 1.54) is 0 Å². The van der Waals surface area contributed by atoms with Crippen LogP contribution in [0.3, 0.4) is 0 Å². The normalized spacial score (nSPS) is 19.0. The molecule has 1 fully saturated rings. The van der Waals surface area contributed by atoms with Gasteiger partial charge in [0.15, 0.2) is 0 Å². The third kappa shape index (κ3) is 3.99. The molecule has 3 heterocycles. The van der Waals surface area contributed by atoms with Crippen LogP contribution >= 0.6 is 11.6 Å². The molecule has 29 heavy (non-hydrogen) atoms. The maximum Gasteiger partial charge on any atom is 0.260 e. The lowest BCUT2D eigenvalue weighted by Gasteiger charge is -2.28. The molecule has 2 aliphatic heterocycles. The van der Waals surface area contributed by atoms with Gasteiger partial charge in [-0.2, -0.15) is 5.10 Å². The Kier molecular flexibility index (Phi) is 5.55. The topological polar surface area (TPSA) is 85.9 Å². The van der Waals surface area contributed by atoms with Crippen LogP contribution in [0.4, 0.5) is 5.69 Å². The SMILES string of the molecule is C=NN(/C=C1\CC(Cl)=C(c2nc3ccc(N4CCOCC4)cc3[nH]2)C(=O)N1)CC. The molecule has 8 nitrogen and oxygen atoms in total. The quantitative estimate of drug-likeness (QED) is 0.580. The summed E-state index contributed by atoms with van der Waals surface area (Å²) >= 11 is 6.49. The lowest BCUT2D eigenvalue weighted by molar-refractivity contribution is -0.115. The number of fused-ring (bicyclic) bond motifs is 1. The molecule has 1 aromatic heterocycles. The number of hydrogen-bond donors (Lipinski definition) is 2. The molecule has 2 N–H and O–H groups in total. The van der Waals surface area contributed by atoms with Crippen LogP contribution in [0.5, 0.6) is 0 Å². The van der Waals surface area contributed by atoms with Crippen molar-refractivity contribution in [3.8, 4) is 0 Å². The number of halogens is 1. The smallest absolute Gasteiger partial charge is 0.260 e. The number of imidazole rings is 1. The fourth-order valence-electron chi connectivity index (χ4n) is 3.49. The molecule has 152 valence electrons. The van der Waals surface area contributed by atoms with Crippen molar-refractivity contribution in [1.82, 2.24) is 20.3 Å². The summed E-state index contributed by atoms with van der Waals surface area (Å²) in [4.78, 5) is 22.8. The monoisotopic (exact) mass is 414 g/mol. The van der Waals surface area contributed by atoms with Crippen molar-refractivity contribution in [2.75, 3.05) is 37.7 Å². The third-order valence-corrected chi connectivity index (χ3v) is 5.33. The summed E-state index contributed by atoms with van der Waals surface area (Å²) in [5.74, 6) is 0.176. The average Bonchev–Trinajstić information content (AvgIpc) is 3.14. The number of aromatic nitrogens is 2. The number of hydrogen-bond acceptors (Lipinski definition) is 6. The second-order valence-corrected chi connectivity index (χ2v) is 7.30. The number of benzene rings is 1. The van der Waals surface area contributed by atoms with Gasteiger partial charge in [-0.15, -0.1) is 0 Å². The number of aromatic amines is 1. The molecule has 9 heteroatoms. The number of nitrogens with zero attached hydrogens (tertiary/aromatic N) is 4. The van der Waals surface area contributed by atoms with Crippen LogP contribution in [-0.4, -0.2) is 60.4 Å². The second kappa shape index (κ2) is 8.26. The van der Waals surface area contributed by atoms with E-state index in [0.29, 0.717) is 35.1 Å². The van der Waals surface area contributed by atoms with Crippen molar-refractivity contribution in [3.05, 3.63) is 41.0 Å². The first kappa shape index (κ1) is 19.5. The van der Waals surface area contributed by atoms with Gasteiger partial charge in [-0.3, -0.25) is 9.80 Å². The predicted octanol–water partition coefficient (Wildman–Crippen LogP) is 2.65. The van der Waals surface area contributed by atoms with E-state index in [0.717, 1.165) is 43.0 Å². The molecule has 0 radical (unpaired) electrons. The van der Waals surface area contributed by atoms with Gasteiger partial charge >= 0.3 is 0 Å². The van der Waals surface area contributed by atoms with Crippen LogP contribution < -0.4 is 10.2 Å². The second-order valence-electron chi connectivity index (χ2n) is 6.85. The summed E-state index contributed by atoms with van der Waals surface area (Å²) in [5, 5.41) is 8.82. The number of morpholine rings is 1. The zero-order valence-corrected chi connectivity index (χ0v) is 17.0. The van der Waals surface area contributed by atoms with Gasteiger partial charge in [-0.05, 0) is 25.1 Å². The van der Waals surface area contributed by atoms with Gasteiger partial charge < -0.3 is 19.9 Å². The highest BCUT2D eigenvalue weighted by Crippen LogP contribution is 2.31. The van der Waals surface area contributed by atoms with Gasteiger partial charge in [-0.25, -0.2) is 4.98 Å². The van der Waals surface area contributed by atoms with Crippen LogP contribution in [0, 0.1) is 0 Å². The first-order valence-corrected chi connectivity index (χ1v) is 9.93. The molecular formula is C20H23ClN6O2. The van der Waals surface area contributed by atoms with Gasteiger partial charge in [0, 0.05) is 55.4 Å². The maximum absolute atomic E-state index is 12.7. The summed E-state index contributed by atoms with van der Waals surface area (Å²) in [7, 11) is 0. The van der Waals surface area contributed by atoms with Gasteiger partial charge in [0.2, 0.25) is 0 Å². The molecule has 0 spiro atoms. The number of carbonyl (C=O) groups is 1. The first-order valence-electron chi connectivity index (χ1n) is 9.56. The standard InChI is InChI=1S/C20H23ClN6O2/c1-3-27(22-2)12-13-10-15(21)18(20(28)23-13)19-24-16-5-4-14(11-17(16)25-19)26-6-8-29-9-7-26/h4-5,11-12H,2-3,6-10H2,1H3,(H,23,28)(H,24,25)/b13-12+. The number of anilines is 1. The molecule has 0 bridgehead atoms. The third-order valence-electron chi connectivity index (χ3n) is 5.01. The molecule has 2 aromatic rings. The summed E-state index contributed by atoms with van der Waals surface area (Å²) in [6.07, 6.45) is 2.13. The zero-order valence-electron chi connectivity index (χ0n) is 16.2. The Hall–Kier alpha value is -2.84. The number of carbonyl (C=O) groups excluding carboxylic acids is 1. The van der Waals surface area contributed by atoms with E-state index in [-0.39, 0.29) is 5.91 Å². The number of amides is 1. The minimum Gasteiger partial charge on any atom is -0.378 e. The molecule has 2 aliphatic rings. The van der Waals surface area contributed by atoms with Gasteiger partial charge in [0.25, 0.3) is 5.91 Å². The number of allylic oxidation sites excluding steroid dienone is 1. The largest absolute Gasteiger partial charge is 0.378 e. The maximum atomic E-state index is 12.7. The number of ether oxygens (including phenoxy) is 1. The van der Waals surface area contributed by atoms with Crippen molar-refractivity contribution in [1.29, 1.82) is 0 Å². The van der Waals surface area contributed by atoms with Crippen LogP contribution in [0.2, 0.25) is 0 Å². The summed E-state index contributed by atoms with van der Waals surface area (Å²) in [6, 6.07) is 6.04. The Morgan fingerprint density at radius 3 is 2.90 bits per heavy atom. The van der Waals surface area contributed by atoms with E-state index < -0.39 is 0 Å². The Morgan fingerprint density at radius 1 is 1.41 bits per heavy atom. The van der Waals surface area contributed by atoms with Crippen LogP contribution in [0.25, 0.3) is 16.6 Å². The Labute approximate surface area is 173 Å². The summed E-state index contributed by atoms with van der Waals surface area (Å²) in [5.41, 5.74) is 3.79. The highest BCUT2D eigenvalue weighted by atomic mass is 35.5. The van der Waals surface area contributed by atoms with E-state index >= 15 is 0 Å². The van der Waals surface area contributed by atoms with E-state index in [2.05, 4.69) is 32.0 Å². The van der Waals surface area contributed by atoms with E-state index in [4.69, 9.17) is 16.3 Å². The molecule has 1 saturated heterocycles. The first-order chi connectivity index (χ1) is 14.1. The van der Waals surface area contributed by atoms with Gasteiger partial charge in [-0.1, -0.05) is 11.6 Å². The van der Waals surface area contributed by atoms with E-state index in [1.54, 1.807) is 11.2 Å².